The van der Waals surface area contributed by atoms with E-state index in [1.54, 1.807) is 23.7 Å². The van der Waals surface area contributed by atoms with Gasteiger partial charge in [0, 0.05) is 70.3 Å². The summed E-state index contributed by atoms with van der Waals surface area (Å²) in [5.74, 6) is 0.0432. The first kappa shape index (κ1) is 25.4. The molecule has 190 valence electrons. The molecule has 3 aromatic rings. The van der Waals surface area contributed by atoms with Crippen molar-refractivity contribution in [2.75, 3.05) is 51.7 Å². The van der Waals surface area contributed by atoms with Crippen molar-refractivity contribution in [3.8, 4) is 11.1 Å². The Morgan fingerprint density at radius 2 is 1.81 bits per heavy atom. The summed E-state index contributed by atoms with van der Waals surface area (Å²) >= 11 is 0. The lowest BCUT2D eigenvalue weighted by Gasteiger charge is -2.36. The van der Waals surface area contributed by atoms with E-state index in [4.69, 9.17) is 0 Å². The number of carbonyl (C=O) groups excluding carboxylic acids is 2. The molecule has 0 saturated carbocycles. The predicted molar refractivity (Wildman–Crippen MR) is 143 cm³/mol. The Balaban J connectivity index is 1.42. The molecule has 1 saturated heterocycles. The van der Waals surface area contributed by atoms with Gasteiger partial charge in [0.2, 0.25) is 5.91 Å². The van der Waals surface area contributed by atoms with Gasteiger partial charge in [-0.25, -0.2) is 0 Å². The van der Waals surface area contributed by atoms with Crippen LogP contribution in [0.3, 0.4) is 0 Å². The maximum atomic E-state index is 13.3. The maximum absolute atomic E-state index is 13.3. The molecule has 2 heterocycles. The van der Waals surface area contributed by atoms with Crippen LogP contribution in [0, 0.1) is 6.92 Å². The first-order chi connectivity index (χ1) is 17.2. The number of hydrogen-bond donors (Lipinski definition) is 1. The van der Waals surface area contributed by atoms with E-state index in [1.165, 1.54) is 0 Å². The molecule has 4 rings (SSSR count). The van der Waals surface area contributed by atoms with Gasteiger partial charge >= 0.3 is 0 Å². The standard InChI is InChI=1S/C28H36N6O2/c1-20-9-10-25(34-13-11-33(12-14-34)19-27(35)31(3)4)16-26(20)28(36)30-21(2)22-7-6-8-23(15-22)24-17-29-32(5)18-24/h6-10,15-18,21H,11-14,19H2,1-5H3,(H,30,36)/t21-/m1/s1. The lowest BCUT2D eigenvalue weighted by molar-refractivity contribution is -0.129. The number of amides is 2. The lowest BCUT2D eigenvalue weighted by Crippen LogP contribution is -2.49. The molecular formula is C28H36N6O2. The third kappa shape index (κ3) is 5.94. The van der Waals surface area contributed by atoms with Gasteiger partial charge in [-0.05, 0) is 48.7 Å². The van der Waals surface area contributed by atoms with Crippen molar-refractivity contribution in [3.63, 3.8) is 0 Å². The molecule has 1 N–H and O–H groups in total. The second-order valence-electron chi connectivity index (χ2n) is 9.77. The number of likely N-dealkylation sites (N-methyl/N-ethyl adjacent to an activating group) is 1. The summed E-state index contributed by atoms with van der Waals surface area (Å²) < 4.78 is 1.78. The number of benzene rings is 2. The Bertz CT molecular complexity index is 1230. The summed E-state index contributed by atoms with van der Waals surface area (Å²) in [6.45, 7) is 7.70. The summed E-state index contributed by atoms with van der Waals surface area (Å²) in [5.41, 5.74) is 5.84. The monoisotopic (exact) mass is 488 g/mol. The number of anilines is 1. The highest BCUT2D eigenvalue weighted by Crippen LogP contribution is 2.25. The summed E-state index contributed by atoms with van der Waals surface area (Å²) in [6.07, 6.45) is 3.83. The van der Waals surface area contributed by atoms with E-state index in [0.717, 1.165) is 54.1 Å². The Labute approximate surface area is 213 Å². The van der Waals surface area contributed by atoms with Crippen LogP contribution in [0.2, 0.25) is 0 Å². The minimum Gasteiger partial charge on any atom is -0.369 e. The highest BCUT2D eigenvalue weighted by Gasteiger charge is 2.21. The van der Waals surface area contributed by atoms with Gasteiger partial charge in [0.15, 0.2) is 0 Å². The SMILES string of the molecule is Cc1ccc(N2CCN(CC(=O)N(C)C)CC2)cc1C(=O)N[C@H](C)c1cccc(-c2cnn(C)c2)c1. The van der Waals surface area contributed by atoms with E-state index < -0.39 is 0 Å². The van der Waals surface area contributed by atoms with Gasteiger partial charge in [-0.15, -0.1) is 0 Å². The summed E-state index contributed by atoms with van der Waals surface area (Å²) in [6, 6.07) is 14.1. The van der Waals surface area contributed by atoms with Gasteiger partial charge in [0.05, 0.1) is 18.8 Å². The lowest BCUT2D eigenvalue weighted by atomic mass is 10.0. The zero-order valence-corrected chi connectivity index (χ0v) is 21.9. The van der Waals surface area contributed by atoms with Crippen LogP contribution in [0.25, 0.3) is 11.1 Å². The fraction of sp³-hybridized carbons (Fsp3) is 0.393. The minimum absolute atomic E-state index is 0.0798. The molecule has 2 aromatic carbocycles. The molecule has 36 heavy (non-hydrogen) atoms. The molecule has 0 unspecified atom stereocenters. The van der Waals surface area contributed by atoms with E-state index in [9.17, 15) is 9.59 Å². The van der Waals surface area contributed by atoms with Crippen LogP contribution in [-0.4, -0.2) is 78.2 Å². The minimum atomic E-state index is -0.144. The number of aromatic nitrogens is 2. The summed E-state index contributed by atoms with van der Waals surface area (Å²) in [5, 5.41) is 7.44. The third-order valence-corrected chi connectivity index (χ3v) is 6.83. The van der Waals surface area contributed by atoms with Gasteiger partial charge < -0.3 is 15.1 Å². The number of piperazine rings is 1. The van der Waals surface area contributed by atoms with Crippen LogP contribution in [0.4, 0.5) is 5.69 Å². The van der Waals surface area contributed by atoms with Gasteiger partial charge in [0.25, 0.3) is 5.91 Å². The number of nitrogens with zero attached hydrogens (tertiary/aromatic N) is 5. The highest BCUT2D eigenvalue weighted by molar-refractivity contribution is 5.97. The molecule has 0 aliphatic carbocycles. The van der Waals surface area contributed by atoms with Gasteiger partial charge in [0.1, 0.15) is 0 Å². The Morgan fingerprint density at radius 3 is 2.47 bits per heavy atom. The average Bonchev–Trinajstić information content (AvgIpc) is 3.31. The molecule has 0 bridgehead atoms. The van der Waals surface area contributed by atoms with Crippen molar-refractivity contribution in [2.45, 2.75) is 19.9 Å². The Morgan fingerprint density at radius 1 is 1.06 bits per heavy atom. The molecule has 0 spiro atoms. The van der Waals surface area contributed by atoms with Crippen molar-refractivity contribution in [1.82, 2.24) is 24.9 Å². The number of hydrogen-bond acceptors (Lipinski definition) is 5. The van der Waals surface area contributed by atoms with Crippen LogP contribution in [0.5, 0.6) is 0 Å². The van der Waals surface area contributed by atoms with Gasteiger partial charge in [-0.3, -0.25) is 19.2 Å². The molecule has 8 nitrogen and oxygen atoms in total. The van der Waals surface area contributed by atoms with Crippen LogP contribution in [0.15, 0.2) is 54.9 Å². The third-order valence-electron chi connectivity index (χ3n) is 6.83. The summed E-state index contributed by atoms with van der Waals surface area (Å²) in [7, 11) is 5.48. The van der Waals surface area contributed by atoms with Crippen molar-refractivity contribution < 1.29 is 9.59 Å². The predicted octanol–water partition coefficient (Wildman–Crippen LogP) is 3.10. The molecule has 8 heteroatoms. The van der Waals surface area contributed by atoms with Crippen LogP contribution < -0.4 is 10.2 Å². The number of aryl methyl sites for hydroxylation is 2. The van der Waals surface area contributed by atoms with Crippen molar-refractivity contribution in [1.29, 1.82) is 0 Å². The molecule has 1 atom stereocenters. The van der Waals surface area contributed by atoms with E-state index in [2.05, 4.69) is 38.4 Å². The number of carbonyl (C=O) groups is 2. The normalized spacial score (nSPS) is 15.0. The van der Waals surface area contributed by atoms with Gasteiger partial charge in [-0.1, -0.05) is 24.3 Å². The van der Waals surface area contributed by atoms with E-state index in [1.807, 2.05) is 57.6 Å². The Kier molecular flexibility index (Phi) is 7.74. The zero-order chi connectivity index (χ0) is 25.8. The smallest absolute Gasteiger partial charge is 0.252 e. The van der Waals surface area contributed by atoms with E-state index in [0.29, 0.717) is 12.1 Å². The van der Waals surface area contributed by atoms with Crippen LogP contribution >= 0.6 is 0 Å². The van der Waals surface area contributed by atoms with Crippen molar-refractivity contribution in [3.05, 3.63) is 71.5 Å². The molecular weight excluding hydrogens is 452 g/mol. The van der Waals surface area contributed by atoms with Crippen LogP contribution in [-0.2, 0) is 11.8 Å². The van der Waals surface area contributed by atoms with E-state index >= 15 is 0 Å². The van der Waals surface area contributed by atoms with Gasteiger partial charge in [-0.2, -0.15) is 5.10 Å². The van der Waals surface area contributed by atoms with Crippen molar-refractivity contribution in [2.24, 2.45) is 7.05 Å². The number of nitrogens with one attached hydrogen (secondary N) is 1. The molecule has 1 aliphatic rings. The second-order valence-corrected chi connectivity index (χ2v) is 9.77. The highest BCUT2D eigenvalue weighted by atomic mass is 16.2. The van der Waals surface area contributed by atoms with E-state index in [-0.39, 0.29) is 17.9 Å². The molecule has 1 aromatic heterocycles. The zero-order valence-electron chi connectivity index (χ0n) is 21.9. The maximum Gasteiger partial charge on any atom is 0.252 e. The molecule has 1 aliphatic heterocycles. The Hall–Kier alpha value is -3.65. The quantitative estimate of drug-likeness (QED) is 0.553. The summed E-state index contributed by atoms with van der Waals surface area (Å²) in [4.78, 5) is 31.4. The average molecular weight is 489 g/mol. The fourth-order valence-electron chi connectivity index (χ4n) is 4.46. The molecule has 2 amide bonds. The fourth-order valence-corrected chi connectivity index (χ4v) is 4.46. The van der Waals surface area contributed by atoms with Crippen molar-refractivity contribution >= 4 is 17.5 Å². The molecule has 1 fully saturated rings. The molecule has 0 radical (unpaired) electrons. The topological polar surface area (TPSA) is 73.7 Å². The first-order valence-electron chi connectivity index (χ1n) is 12.4. The second kappa shape index (κ2) is 11.0. The first-order valence-corrected chi connectivity index (χ1v) is 12.4. The number of rotatable bonds is 7. The van der Waals surface area contributed by atoms with Crippen LogP contribution in [0.1, 0.15) is 34.5 Å². The largest absolute Gasteiger partial charge is 0.369 e.